The Kier molecular flexibility index (Phi) is 5.01. The summed E-state index contributed by atoms with van der Waals surface area (Å²) in [6.07, 6.45) is -1.01. The molecule has 1 amide bonds. The van der Waals surface area contributed by atoms with Crippen LogP contribution in [-0.4, -0.2) is 18.0 Å². The third kappa shape index (κ3) is 3.97. The number of carbonyl (C=O) groups is 2. The number of amides is 1. The summed E-state index contributed by atoms with van der Waals surface area (Å²) in [7, 11) is 0. The van der Waals surface area contributed by atoms with Crippen LogP contribution in [0.4, 0.5) is 10.1 Å². The van der Waals surface area contributed by atoms with Gasteiger partial charge in [0.05, 0.1) is 10.7 Å². The van der Waals surface area contributed by atoms with Crippen LogP contribution in [0.2, 0.25) is 5.02 Å². The highest BCUT2D eigenvalue weighted by atomic mass is 35.5. The number of nitrogens with one attached hydrogen (secondary N) is 1. The number of hydrogen-bond donors (Lipinski definition) is 1. The molecule has 0 aliphatic rings. The molecule has 0 fully saturated rings. The van der Waals surface area contributed by atoms with E-state index < -0.39 is 18.0 Å². The summed E-state index contributed by atoms with van der Waals surface area (Å²) in [5.41, 5.74) is 0.439. The molecule has 0 aliphatic heterocycles. The number of anilines is 1. The van der Waals surface area contributed by atoms with Gasteiger partial charge in [-0.1, -0.05) is 23.7 Å². The highest BCUT2D eigenvalue weighted by Crippen LogP contribution is 2.27. The number of benzene rings is 2. The summed E-state index contributed by atoms with van der Waals surface area (Å²) in [5.74, 6) is -1.50. The molecule has 3 aromatic rings. The molecule has 1 atom stereocenters. The quantitative estimate of drug-likeness (QED) is 0.659. The van der Waals surface area contributed by atoms with Crippen molar-refractivity contribution in [1.29, 1.82) is 0 Å². The molecule has 0 aliphatic carbocycles. The van der Waals surface area contributed by atoms with E-state index in [2.05, 4.69) is 5.32 Å². The number of rotatable bonds is 4. The first-order chi connectivity index (χ1) is 11.9. The number of ether oxygens (including phenoxy) is 1. The molecule has 0 spiro atoms. The molecule has 4 nitrogen and oxygen atoms in total. The minimum Gasteiger partial charge on any atom is -0.448 e. The standard InChI is InChI=1S/C18H13ClFNO3S/c1-10(17(22)21-14-5-3-2-4-13(14)19)24-18(23)16-9-11-8-12(20)6-7-15(11)25-16/h2-10H,1H3,(H,21,22)/t10-/m0/s1. The minimum atomic E-state index is -1.01. The minimum absolute atomic E-state index is 0.304. The number of halogens is 2. The summed E-state index contributed by atoms with van der Waals surface area (Å²) >= 11 is 7.16. The van der Waals surface area contributed by atoms with Crippen LogP contribution < -0.4 is 5.32 Å². The second-order valence-electron chi connectivity index (χ2n) is 5.31. The van der Waals surface area contributed by atoms with Crippen LogP contribution in [0.25, 0.3) is 10.1 Å². The number of esters is 1. The molecule has 1 heterocycles. The van der Waals surface area contributed by atoms with Gasteiger partial charge in [0.25, 0.3) is 5.91 Å². The van der Waals surface area contributed by atoms with Crippen LogP contribution in [0.1, 0.15) is 16.6 Å². The van der Waals surface area contributed by atoms with Crippen LogP contribution >= 0.6 is 22.9 Å². The maximum atomic E-state index is 13.2. The topological polar surface area (TPSA) is 55.4 Å². The van der Waals surface area contributed by atoms with Crippen molar-refractivity contribution in [2.24, 2.45) is 0 Å². The summed E-state index contributed by atoms with van der Waals surface area (Å²) in [5, 5.41) is 3.61. The Labute approximate surface area is 152 Å². The van der Waals surface area contributed by atoms with Gasteiger partial charge >= 0.3 is 5.97 Å². The summed E-state index contributed by atoms with van der Waals surface area (Å²) in [6, 6.07) is 12.6. The zero-order valence-electron chi connectivity index (χ0n) is 13.1. The Hall–Kier alpha value is -2.44. The van der Waals surface area contributed by atoms with Crippen LogP contribution in [0, 0.1) is 5.82 Å². The molecule has 2 aromatic carbocycles. The van der Waals surface area contributed by atoms with E-state index in [-0.39, 0.29) is 5.82 Å². The molecule has 1 aromatic heterocycles. The Morgan fingerprint density at radius 1 is 1.20 bits per heavy atom. The van der Waals surface area contributed by atoms with Crippen molar-refractivity contribution in [1.82, 2.24) is 0 Å². The van der Waals surface area contributed by atoms with Crippen molar-refractivity contribution in [3.63, 3.8) is 0 Å². The van der Waals surface area contributed by atoms with E-state index in [1.165, 1.54) is 30.4 Å². The van der Waals surface area contributed by atoms with Gasteiger partial charge < -0.3 is 10.1 Å². The van der Waals surface area contributed by atoms with E-state index in [1.54, 1.807) is 36.4 Å². The lowest BCUT2D eigenvalue weighted by Gasteiger charge is -2.13. The maximum Gasteiger partial charge on any atom is 0.349 e. The largest absolute Gasteiger partial charge is 0.448 e. The molecule has 128 valence electrons. The lowest BCUT2D eigenvalue weighted by molar-refractivity contribution is -0.123. The van der Waals surface area contributed by atoms with Gasteiger partial charge in [0.2, 0.25) is 0 Å². The fourth-order valence-corrected chi connectivity index (χ4v) is 3.29. The average molecular weight is 378 g/mol. The van der Waals surface area contributed by atoms with Crippen molar-refractivity contribution in [2.75, 3.05) is 5.32 Å². The summed E-state index contributed by atoms with van der Waals surface area (Å²) in [6.45, 7) is 1.47. The highest BCUT2D eigenvalue weighted by molar-refractivity contribution is 7.20. The van der Waals surface area contributed by atoms with Gasteiger partial charge in [-0.2, -0.15) is 0 Å². The second-order valence-corrected chi connectivity index (χ2v) is 6.80. The van der Waals surface area contributed by atoms with Gasteiger partial charge in [-0.25, -0.2) is 9.18 Å². The van der Waals surface area contributed by atoms with E-state index in [9.17, 15) is 14.0 Å². The normalized spacial score (nSPS) is 12.0. The fraction of sp³-hybridized carbons (Fsp3) is 0.111. The molecular formula is C18H13ClFNO3S. The first kappa shape index (κ1) is 17.4. The van der Waals surface area contributed by atoms with Crippen molar-refractivity contribution in [3.8, 4) is 0 Å². The fourth-order valence-electron chi connectivity index (χ4n) is 2.18. The van der Waals surface area contributed by atoms with Crippen LogP contribution in [-0.2, 0) is 9.53 Å². The third-order valence-corrected chi connectivity index (χ3v) is 4.89. The number of para-hydroxylation sites is 1. The van der Waals surface area contributed by atoms with E-state index in [4.69, 9.17) is 16.3 Å². The van der Waals surface area contributed by atoms with Crippen molar-refractivity contribution in [2.45, 2.75) is 13.0 Å². The van der Waals surface area contributed by atoms with Crippen molar-refractivity contribution >= 4 is 50.6 Å². The molecule has 7 heteroatoms. The Morgan fingerprint density at radius 2 is 1.96 bits per heavy atom. The number of carbonyl (C=O) groups excluding carboxylic acids is 2. The van der Waals surface area contributed by atoms with Crippen LogP contribution in [0.15, 0.2) is 48.5 Å². The first-order valence-corrected chi connectivity index (χ1v) is 8.59. The summed E-state index contributed by atoms with van der Waals surface area (Å²) in [4.78, 5) is 24.7. The van der Waals surface area contributed by atoms with E-state index in [0.29, 0.717) is 21.0 Å². The molecule has 0 saturated carbocycles. The van der Waals surface area contributed by atoms with Gasteiger partial charge in [-0.15, -0.1) is 11.3 Å². The van der Waals surface area contributed by atoms with Crippen molar-refractivity contribution < 1.29 is 18.7 Å². The highest BCUT2D eigenvalue weighted by Gasteiger charge is 2.21. The molecular weight excluding hydrogens is 365 g/mol. The lowest BCUT2D eigenvalue weighted by atomic mass is 10.2. The smallest absolute Gasteiger partial charge is 0.349 e. The van der Waals surface area contributed by atoms with Gasteiger partial charge in [0.1, 0.15) is 10.7 Å². The predicted octanol–water partition coefficient (Wildman–Crippen LogP) is 4.88. The Morgan fingerprint density at radius 3 is 2.72 bits per heavy atom. The van der Waals surface area contributed by atoms with E-state index in [1.807, 2.05) is 0 Å². The molecule has 3 rings (SSSR count). The zero-order chi connectivity index (χ0) is 18.0. The second kappa shape index (κ2) is 7.21. The van der Waals surface area contributed by atoms with Crippen molar-refractivity contribution in [3.05, 3.63) is 64.2 Å². The number of hydrogen-bond acceptors (Lipinski definition) is 4. The van der Waals surface area contributed by atoms with E-state index >= 15 is 0 Å². The van der Waals surface area contributed by atoms with Gasteiger partial charge in [0.15, 0.2) is 6.10 Å². The molecule has 25 heavy (non-hydrogen) atoms. The monoisotopic (exact) mass is 377 g/mol. The Balaban J connectivity index is 1.68. The predicted molar refractivity (Wildman–Crippen MR) is 96.7 cm³/mol. The molecule has 0 unspecified atom stereocenters. The number of fused-ring (bicyclic) bond motifs is 1. The van der Waals surface area contributed by atoms with Crippen LogP contribution in [0.3, 0.4) is 0 Å². The zero-order valence-corrected chi connectivity index (χ0v) is 14.7. The lowest BCUT2D eigenvalue weighted by Crippen LogP contribution is -2.29. The average Bonchev–Trinajstić information content (AvgIpc) is 3.00. The summed E-state index contributed by atoms with van der Waals surface area (Å²) < 4.78 is 19.2. The van der Waals surface area contributed by atoms with E-state index in [0.717, 1.165) is 4.70 Å². The number of thiophene rings is 1. The molecule has 1 N–H and O–H groups in total. The molecule has 0 bridgehead atoms. The van der Waals surface area contributed by atoms with Gasteiger partial charge in [0, 0.05) is 4.70 Å². The SMILES string of the molecule is C[C@H](OC(=O)c1cc2cc(F)ccc2s1)C(=O)Nc1ccccc1Cl. The van der Waals surface area contributed by atoms with Gasteiger partial charge in [-0.05, 0) is 48.7 Å². The third-order valence-electron chi connectivity index (χ3n) is 3.46. The molecule has 0 saturated heterocycles. The Bertz CT molecular complexity index is 956. The first-order valence-electron chi connectivity index (χ1n) is 7.39. The van der Waals surface area contributed by atoms with Gasteiger partial charge in [-0.3, -0.25) is 4.79 Å². The molecule has 0 radical (unpaired) electrons. The maximum absolute atomic E-state index is 13.2. The van der Waals surface area contributed by atoms with Crippen LogP contribution in [0.5, 0.6) is 0 Å².